The number of hydrogen-bond donors (Lipinski definition) is 1. The molecule has 0 saturated heterocycles. The van der Waals surface area contributed by atoms with Crippen LogP contribution in [-0.2, 0) is 0 Å². The van der Waals surface area contributed by atoms with Crippen LogP contribution in [0.25, 0.3) is 0 Å². The Morgan fingerprint density at radius 2 is 1.95 bits per heavy atom. The molecule has 0 saturated carbocycles. The first-order valence-corrected chi connectivity index (χ1v) is 6.93. The fraction of sp³-hybridized carbons (Fsp3) is 0.267. The summed E-state index contributed by atoms with van der Waals surface area (Å²) >= 11 is 5.88. The third-order valence-corrected chi connectivity index (χ3v) is 3.62. The quantitative estimate of drug-likeness (QED) is 0.943. The van der Waals surface area contributed by atoms with Crippen molar-refractivity contribution >= 4 is 23.3 Å². The summed E-state index contributed by atoms with van der Waals surface area (Å²) in [6, 6.07) is 7.36. The lowest BCUT2D eigenvalue weighted by molar-refractivity contribution is 0.0736. The minimum Gasteiger partial charge on any atom is -0.372 e. The molecule has 5 nitrogen and oxygen atoms in total. The van der Waals surface area contributed by atoms with Gasteiger partial charge in [-0.05, 0) is 24.6 Å². The summed E-state index contributed by atoms with van der Waals surface area (Å²) in [5.41, 5.74) is 1.32. The average molecular weight is 305 g/mol. The minimum absolute atomic E-state index is 0.0881. The van der Waals surface area contributed by atoms with Crippen molar-refractivity contribution in [2.75, 3.05) is 19.4 Å². The van der Waals surface area contributed by atoms with E-state index in [4.69, 9.17) is 11.6 Å². The van der Waals surface area contributed by atoms with Gasteiger partial charge in [-0.15, -0.1) is 0 Å². The number of carbonyl (C=O) groups is 1. The zero-order valence-electron chi connectivity index (χ0n) is 12.2. The van der Waals surface area contributed by atoms with E-state index in [9.17, 15) is 4.79 Å². The van der Waals surface area contributed by atoms with Crippen LogP contribution in [0.15, 0.2) is 36.7 Å². The molecule has 1 atom stereocenters. The molecule has 0 aliphatic heterocycles. The molecule has 0 spiro atoms. The van der Waals surface area contributed by atoms with Crippen molar-refractivity contribution in [3.8, 4) is 0 Å². The molecule has 6 heteroatoms. The molecule has 0 aliphatic rings. The van der Waals surface area contributed by atoms with Gasteiger partial charge >= 0.3 is 0 Å². The van der Waals surface area contributed by atoms with Gasteiger partial charge in [-0.2, -0.15) is 0 Å². The second-order valence-electron chi connectivity index (χ2n) is 4.68. The van der Waals surface area contributed by atoms with Gasteiger partial charge in [-0.3, -0.25) is 9.78 Å². The van der Waals surface area contributed by atoms with Crippen LogP contribution in [0, 0.1) is 0 Å². The maximum Gasteiger partial charge on any atom is 0.274 e. The van der Waals surface area contributed by atoms with Gasteiger partial charge in [-0.1, -0.05) is 23.7 Å². The SMILES string of the molecule is CNc1cncc(C(=O)N(C)C(C)c2ccc(Cl)cc2)n1. The van der Waals surface area contributed by atoms with Gasteiger partial charge in [0.25, 0.3) is 5.91 Å². The van der Waals surface area contributed by atoms with Crippen LogP contribution in [-0.4, -0.2) is 34.9 Å². The van der Waals surface area contributed by atoms with E-state index < -0.39 is 0 Å². The summed E-state index contributed by atoms with van der Waals surface area (Å²) in [4.78, 5) is 22.3. The van der Waals surface area contributed by atoms with Gasteiger partial charge in [0, 0.05) is 19.1 Å². The van der Waals surface area contributed by atoms with E-state index in [2.05, 4.69) is 15.3 Å². The number of carbonyl (C=O) groups excluding carboxylic acids is 1. The number of rotatable bonds is 4. The molecule has 2 aromatic rings. The first-order valence-electron chi connectivity index (χ1n) is 6.55. The van der Waals surface area contributed by atoms with Crippen molar-refractivity contribution in [1.82, 2.24) is 14.9 Å². The number of halogens is 1. The zero-order valence-corrected chi connectivity index (χ0v) is 12.9. The van der Waals surface area contributed by atoms with Crippen molar-refractivity contribution in [3.63, 3.8) is 0 Å². The van der Waals surface area contributed by atoms with Crippen LogP contribution in [0.4, 0.5) is 5.82 Å². The highest BCUT2D eigenvalue weighted by Crippen LogP contribution is 2.22. The molecule has 110 valence electrons. The lowest BCUT2D eigenvalue weighted by Gasteiger charge is -2.25. The van der Waals surface area contributed by atoms with E-state index >= 15 is 0 Å². The molecule has 21 heavy (non-hydrogen) atoms. The van der Waals surface area contributed by atoms with E-state index in [1.165, 1.54) is 6.20 Å². The standard InChI is InChI=1S/C15H17ClN4O/c1-10(11-4-6-12(16)7-5-11)20(3)15(21)13-8-18-9-14(17-2)19-13/h4-10H,1-3H3,(H,17,19). The zero-order chi connectivity index (χ0) is 15.4. The molecule has 1 aromatic carbocycles. The molecule has 1 aromatic heterocycles. The highest BCUT2D eigenvalue weighted by molar-refractivity contribution is 6.30. The third kappa shape index (κ3) is 3.49. The molecule has 1 heterocycles. The van der Waals surface area contributed by atoms with E-state index in [-0.39, 0.29) is 11.9 Å². The maximum absolute atomic E-state index is 12.5. The fourth-order valence-corrected chi connectivity index (χ4v) is 2.04. The maximum atomic E-state index is 12.5. The summed E-state index contributed by atoms with van der Waals surface area (Å²) in [5, 5.41) is 3.54. The minimum atomic E-state index is -0.179. The number of aromatic nitrogens is 2. The summed E-state index contributed by atoms with van der Waals surface area (Å²) in [5.74, 6) is 0.385. The predicted molar refractivity (Wildman–Crippen MR) is 83.5 cm³/mol. The molecule has 0 fully saturated rings. The molecule has 1 unspecified atom stereocenters. The summed E-state index contributed by atoms with van der Waals surface area (Å²) in [7, 11) is 3.48. The fourth-order valence-electron chi connectivity index (χ4n) is 1.91. The summed E-state index contributed by atoms with van der Waals surface area (Å²) < 4.78 is 0. The number of benzene rings is 1. The van der Waals surface area contributed by atoms with Crippen molar-refractivity contribution in [3.05, 3.63) is 52.9 Å². The second kappa shape index (κ2) is 6.54. The molecule has 0 radical (unpaired) electrons. The van der Waals surface area contributed by atoms with Crippen LogP contribution in [0.5, 0.6) is 0 Å². The van der Waals surface area contributed by atoms with Crippen LogP contribution in [0.1, 0.15) is 29.0 Å². The van der Waals surface area contributed by atoms with Gasteiger partial charge in [0.05, 0.1) is 18.4 Å². The van der Waals surface area contributed by atoms with Crippen molar-refractivity contribution in [2.45, 2.75) is 13.0 Å². The highest BCUT2D eigenvalue weighted by atomic mass is 35.5. The van der Waals surface area contributed by atoms with Gasteiger partial charge < -0.3 is 10.2 Å². The first kappa shape index (κ1) is 15.3. The normalized spacial score (nSPS) is 11.8. The number of amides is 1. The Kier molecular flexibility index (Phi) is 4.75. The summed E-state index contributed by atoms with van der Waals surface area (Å²) in [6.45, 7) is 1.95. The largest absolute Gasteiger partial charge is 0.372 e. The lowest BCUT2D eigenvalue weighted by Crippen LogP contribution is -2.30. The number of hydrogen-bond acceptors (Lipinski definition) is 4. The van der Waals surface area contributed by atoms with Gasteiger partial charge in [0.15, 0.2) is 0 Å². The molecular weight excluding hydrogens is 288 g/mol. The van der Waals surface area contributed by atoms with Crippen molar-refractivity contribution < 1.29 is 4.79 Å². The number of anilines is 1. The Morgan fingerprint density at radius 1 is 1.29 bits per heavy atom. The first-order chi connectivity index (χ1) is 10.0. The van der Waals surface area contributed by atoms with E-state index in [0.29, 0.717) is 16.5 Å². The Morgan fingerprint density at radius 3 is 2.57 bits per heavy atom. The van der Waals surface area contributed by atoms with Crippen LogP contribution < -0.4 is 5.32 Å². The van der Waals surface area contributed by atoms with Gasteiger partial charge in [0.1, 0.15) is 11.5 Å². The number of nitrogens with one attached hydrogen (secondary N) is 1. The Balaban J connectivity index is 2.19. The summed E-state index contributed by atoms with van der Waals surface area (Å²) in [6.07, 6.45) is 3.04. The van der Waals surface area contributed by atoms with Gasteiger partial charge in [0.2, 0.25) is 0 Å². The Bertz CT molecular complexity index is 630. The monoisotopic (exact) mass is 304 g/mol. The second-order valence-corrected chi connectivity index (χ2v) is 5.12. The van der Waals surface area contributed by atoms with Crippen LogP contribution in [0.3, 0.4) is 0 Å². The molecule has 2 rings (SSSR count). The predicted octanol–water partition coefficient (Wildman–Crippen LogP) is 3.00. The Hall–Kier alpha value is -2.14. The molecule has 0 bridgehead atoms. The van der Waals surface area contributed by atoms with E-state index in [1.54, 1.807) is 25.2 Å². The molecular formula is C15H17ClN4O. The van der Waals surface area contributed by atoms with Crippen LogP contribution >= 0.6 is 11.6 Å². The van der Waals surface area contributed by atoms with Gasteiger partial charge in [-0.25, -0.2) is 4.98 Å². The van der Waals surface area contributed by atoms with E-state index in [0.717, 1.165) is 5.56 Å². The van der Waals surface area contributed by atoms with Crippen molar-refractivity contribution in [2.24, 2.45) is 0 Å². The van der Waals surface area contributed by atoms with Crippen molar-refractivity contribution in [1.29, 1.82) is 0 Å². The third-order valence-electron chi connectivity index (χ3n) is 3.36. The number of nitrogens with zero attached hydrogens (tertiary/aromatic N) is 3. The molecule has 1 amide bonds. The topological polar surface area (TPSA) is 58.1 Å². The van der Waals surface area contributed by atoms with E-state index in [1.807, 2.05) is 31.2 Å². The molecule has 1 N–H and O–H groups in total. The van der Waals surface area contributed by atoms with Crippen LogP contribution in [0.2, 0.25) is 5.02 Å². The lowest BCUT2D eigenvalue weighted by atomic mass is 10.1. The molecule has 0 aliphatic carbocycles. The average Bonchev–Trinajstić information content (AvgIpc) is 2.53. The Labute approximate surface area is 129 Å². The smallest absolute Gasteiger partial charge is 0.274 e. The highest BCUT2D eigenvalue weighted by Gasteiger charge is 2.20.